The van der Waals surface area contributed by atoms with Crippen molar-refractivity contribution in [2.75, 3.05) is 6.54 Å². The highest BCUT2D eigenvalue weighted by Gasteiger charge is 2.29. The van der Waals surface area contributed by atoms with Gasteiger partial charge in [0.15, 0.2) is 0 Å². The van der Waals surface area contributed by atoms with Crippen LogP contribution in [0.1, 0.15) is 44.9 Å². The van der Waals surface area contributed by atoms with Gasteiger partial charge in [0.2, 0.25) is 5.91 Å². The first-order chi connectivity index (χ1) is 7.77. The van der Waals surface area contributed by atoms with E-state index in [-0.39, 0.29) is 17.9 Å². The molecule has 0 spiro atoms. The molecule has 16 heavy (non-hydrogen) atoms. The number of nitrogens with one attached hydrogen (secondary N) is 1. The monoisotopic (exact) mass is 222 g/mol. The van der Waals surface area contributed by atoms with Crippen LogP contribution in [0, 0.1) is 5.92 Å². The summed E-state index contributed by atoms with van der Waals surface area (Å²) < 4.78 is 0. The van der Waals surface area contributed by atoms with Gasteiger partial charge >= 0.3 is 0 Å². The molecule has 0 radical (unpaired) electrons. The van der Waals surface area contributed by atoms with E-state index in [9.17, 15) is 4.79 Å². The summed E-state index contributed by atoms with van der Waals surface area (Å²) in [4.78, 5) is 11.8. The molecule has 2 unspecified atom stereocenters. The van der Waals surface area contributed by atoms with Crippen molar-refractivity contribution in [3.63, 3.8) is 0 Å². The third kappa shape index (κ3) is 2.85. The van der Waals surface area contributed by atoms with Gasteiger partial charge in [0.1, 0.15) is 0 Å². The van der Waals surface area contributed by atoms with Gasteiger partial charge in [0.25, 0.3) is 0 Å². The lowest BCUT2D eigenvalue weighted by atomic mass is 10.0. The van der Waals surface area contributed by atoms with Gasteiger partial charge < -0.3 is 11.1 Å². The highest BCUT2D eigenvalue weighted by molar-refractivity contribution is 5.79. The summed E-state index contributed by atoms with van der Waals surface area (Å²) in [5.41, 5.74) is 7.41. The number of hydrogen-bond acceptors (Lipinski definition) is 2. The van der Waals surface area contributed by atoms with Crippen LogP contribution in [0.3, 0.4) is 0 Å². The maximum atomic E-state index is 11.8. The zero-order chi connectivity index (χ0) is 11.4. The number of rotatable bonds is 4. The van der Waals surface area contributed by atoms with Gasteiger partial charge in [-0.15, -0.1) is 0 Å². The lowest BCUT2D eigenvalue weighted by Crippen LogP contribution is -2.38. The Morgan fingerprint density at radius 3 is 2.94 bits per heavy atom. The Balaban J connectivity index is 1.67. The lowest BCUT2D eigenvalue weighted by Gasteiger charge is -2.15. The van der Waals surface area contributed by atoms with Crippen LogP contribution in [-0.2, 0) is 4.79 Å². The van der Waals surface area contributed by atoms with E-state index < -0.39 is 0 Å². The van der Waals surface area contributed by atoms with Crippen molar-refractivity contribution in [2.24, 2.45) is 11.7 Å². The highest BCUT2D eigenvalue weighted by Crippen LogP contribution is 2.24. The van der Waals surface area contributed by atoms with E-state index in [0.29, 0.717) is 0 Å². The van der Waals surface area contributed by atoms with Gasteiger partial charge in [-0.05, 0) is 38.5 Å². The van der Waals surface area contributed by atoms with Gasteiger partial charge in [-0.2, -0.15) is 0 Å². The van der Waals surface area contributed by atoms with E-state index in [2.05, 4.69) is 11.4 Å². The van der Waals surface area contributed by atoms with Crippen molar-refractivity contribution in [3.8, 4) is 0 Å². The van der Waals surface area contributed by atoms with Crippen LogP contribution in [0.4, 0.5) is 0 Å². The van der Waals surface area contributed by atoms with Crippen molar-refractivity contribution < 1.29 is 4.79 Å². The maximum Gasteiger partial charge on any atom is 0.224 e. The summed E-state index contributed by atoms with van der Waals surface area (Å²) >= 11 is 0. The molecule has 2 aliphatic rings. The summed E-state index contributed by atoms with van der Waals surface area (Å²) in [6, 6.07) is 0.0886. The molecule has 0 aliphatic heterocycles. The third-order valence-electron chi connectivity index (χ3n) is 3.79. The van der Waals surface area contributed by atoms with Crippen LogP contribution in [0.2, 0.25) is 0 Å². The minimum Gasteiger partial charge on any atom is -0.355 e. The van der Waals surface area contributed by atoms with E-state index in [0.717, 1.165) is 32.2 Å². The Bertz CT molecular complexity index is 286. The SMILES string of the molecule is NC1CCCC1C(=O)NCCC1=CCCC1. The summed E-state index contributed by atoms with van der Waals surface area (Å²) in [7, 11) is 0. The van der Waals surface area contributed by atoms with Crippen molar-refractivity contribution >= 4 is 5.91 Å². The molecule has 3 nitrogen and oxygen atoms in total. The van der Waals surface area contributed by atoms with E-state index in [4.69, 9.17) is 5.73 Å². The fourth-order valence-corrected chi connectivity index (χ4v) is 2.76. The molecule has 2 atom stereocenters. The molecule has 3 N–H and O–H groups in total. The predicted octanol–water partition coefficient (Wildman–Crippen LogP) is 1.73. The van der Waals surface area contributed by atoms with E-state index in [1.165, 1.54) is 24.8 Å². The van der Waals surface area contributed by atoms with E-state index in [1.807, 2.05) is 0 Å². The number of hydrogen-bond donors (Lipinski definition) is 2. The zero-order valence-electron chi connectivity index (χ0n) is 9.87. The molecule has 0 heterocycles. The molecule has 0 saturated heterocycles. The van der Waals surface area contributed by atoms with Crippen molar-refractivity contribution in [3.05, 3.63) is 11.6 Å². The van der Waals surface area contributed by atoms with Crippen LogP contribution in [0.5, 0.6) is 0 Å². The topological polar surface area (TPSA) is 55.1 Å². The average molecular weight is 222 g/mol. The third-order valence-corrected chi connectivity index (χ3v) is 3.79. The molecule has 2 aliphatic carbocycles. The van der Waals surface area contributed by atoms with Crippen molar-refractivity contribution in [1.82, 2.24) is 5.32 Å². The Hall–Kier alpha value is -0.830. The minimum atomic E-state index is 0.0672. The van der Waals surface area contributed by atoms with Crippen LogP contribution < -0.4 is 11.1 Å². The first-order valence-electron chi connectivity index (χ1n) is 6.48. The number of allylic oxidation sites excluding steroid dienone is 1. The number of carbonyl (C=O) groups excluding carboxylic acids is 1. The predicted molar refractivity (Wildman–Crippen MR) is 64.9 cm³/mol. The standard InChI is InChI=1S/C13H22N2O/c14-12-7-3-6-11(12)13(16)15-9-8-10-4-1-2-5-10/h4,11-12H,1-3,5-9,14H2,(H,15,16). The van der Waals surface area contributed by atoms with Crippen LogP contribution >= 0.6 is 0 Å². The molecule has 0 aromatic carbocycles. The van der Waals surface area contributed by atoms with Crippen LogP contribution in [-0.4, -0.2) is 18.5 Å². The van der Waals surface area contributed by atoms with Gasteiger partial charge in [-0.3, -0.25) is 4.79 Å². The minimum absolute atomic E-state index is 0.0672. The molecule has 90 valence electrons. The summed E-state index contributed by atoms with van der Waals surface area (Å²) in [5, 5.41) is 3.02. The van der Waals surface area contributed by atoms with E-state index in [1.54, 1.807) is 0 Å². The maximum absolute atomic E-state index is 11.8. The van der Waals surface area contributed by atoms with Crippen molar-refractivity contribution in [1.29, 1.82) is 0 Å². The lowest BCUT2D eigenvalue weighted by molar-refractivity contribution is -0.125. The second-order valence-corrected chi connectivity index (χ2v) is 5.00. The largest absolute Gasteiger partial charge is 0.355 e. The Morgan fingerprint density at radius 2 is 2.31 bits per heavy atom. The van der Waals surface area contributed by atoms with Crippen molar-refractivity contribution in [2.45, 2.75) is 51.0 Å². The molecule has 1 amide bonds. The van der Waals surface area contributed by atoms with Gasteiger partial charge in [0.05, 0.1) is 5.92 Å². The van der Waals surface area contributed by atoms with Gasteiger partial charge in [-0.25, -0.2) is 0 Å². The Morgan fingerprint density at radius 1 is 1.44 bits per heavy atom. The normalized spacial score (nSPS) is 29.2. The van der Waals surface area contributed by atoms with Crippen LogP contribution in [0.15, 0.2) is 11.6 Å². The molecule has 1 fully saturated rings. The second-order valence-electron chi connectivity index (χ2n) is 5.00. The fraction of sp³-hybridized carbons (Fsp3) is 0.769. The molecule has 3 heteroatoms. The molecule has 0 aromatic rings. The first kappa shape index (κ1) is 11.6. The number of nitrogens with two attached hydrogens (primary N) is 1. The zero-order valence-corrected chi connectivity index (χ0v) is 9.87. The van der Waals surface area contributed by atoms with Gasteiger partial charge in [-0.1, -0.05) is 18.1 Å². The smallest absolute Gasteiger partial charge is 0.224 e. The fourth-order valence-electron chi connectivity index (χ4n) is 2.76. The summed E-state index contributed by atoms with van der Waals surface area (Å²) in [5.74, 6) is 0.237. The summed E-state index contributed by atoms with van der Waals surface area (Å²) in [6.07, 6.45) is 10.1. The second kappa shape index (κ2) is 5.48. The number of amides is 1. The molecule has 1 saturated carbocycles. The molecule has 2 rings (SSSR count). The molecular formula is C13H22N2O. The molecule has 0 aromatic heterocycles. The average Bonchev–Trinajstić information content (AvgIpc) is 2.88. The Labute approximate surface area is 97.5 Å². The highest BCUT2D eigenvalue weighted by atomic mass is 16.1. The van der Waals surface area contributed by atoms with Crippen LogP contribution in [0.25, 0.3) is 0 Å². The van der Waals surface area contributed by atoms with Gasteiger partial charge in [0, 0.05) is 12.6 Å². The number of carbonyl (C=O) groups is 1. The van der Waals surface area contributed by atoms with E-state index >= 15 is 0 Å². The molecular weight excluding hydrogens is 200 g/mol. The molecule has 0 bridgehead atoms. The Kier molecular flexibility index (Phi) is 3.99. The quantitative estimate of drug-likeness (QED) is 0.712. The first-order valence-corrected chi connectivity index (χ1v) is 6.48. The summed E-state index contributed by atoms with van der Waals surface area (Å²) in [6.45, 7) is 0.786.